The smallest absolute Gasteiger partial charge is 0.411 e. The molecule has 1 aliphatic heterocycles. The Morgan fingerprint density at radius 3 is 2.57 bits per heavy atom. The van der Waals surface area contributed by atoms with E-state index in [4.69, 9.17) is 19.9 Å². The van der Waals surface area contributed by atoms with Crippen LogP contribution in [0, 0.1) is 5.92 Å². The topological polar surface area (TPSA) is 119 Å². The van der Waals surface area contributed by atoms with E-state index in [0.717, 1.165) is 16.8 Å². The van der Waals surface area contributed by atoms with Crippen molar-refractivity contribution >= 4 is 17.7 Å². The summed E-state index contributed by atoms with van der Waals surface area (Å²) in [5, 5.41) is 2.68. The lowest BCUT2D eigenvalue weighted by molar-refractivity contribution is 0.00808. The number of hydrogen-bond donors (Lipinski definition) is 2. The quantitative estimate of drug-likeness (QED) is 0.438. The van der Waals surface area contributed by atoms with E-state index in [1.54, 1.807) is 57.3 Å². The third-order valence-corrected chi connectivity index (χ3v) is 7.24. The van der Waals surface area contributed by atoms with Crippen LogP contribution in [0.25, 0.3) is 11.3 Å². The number of benzene rings is 2. The number of hydrogen-bond acceptors (Lipinski definition) is 8. The number of anilines is 1. The van der Waals surface area contributed by atoms with Gasteiger partial charge in [-0.2, -0.15) is 0 Å². The second-order valence-electron chi connectivity index (χ2n) is 10.9. The van der Waals surface area contributed by atoms with Crippen molar-refractivity contribution in [3.63, 3.8) is 0 Å². The van der Waals surface area contributed by atoms with Crippen LogP contribution in [0.1, 0.15) is 36.7 Å². The van der Waals surface area contributed by atoms with Crippen LogP contribution in [0.3, 0.4) is 0 Å². The normalized spacial score (nSPS) is 20.2. The van der Waals surface area contributed by atoms with Gasteiger partial charge < -0.3 is 24.8 Å². The van der Waals surface area contributed by atoms with E-state index in [-0.39, 0.29) is 30.6 Å². The van der Waals surface area contributed by atoms with E-state index < -0.39 is 12.3 Å². The first kappa shape index (κ1) is 31.0. The lowest BCUT2D eigenvalue weighted by Crippen LogP contribution is -2.50. The molecular formula is C32H41N5O5. The second-order valence-corrected chi connectivity index (χ2v) is 10.9. The third kappa shape index (κ3) is 8.06. The number of fused-ring (bicyclic) bond motifs is 1. The lowest BCUT2D eigenvalue weighted by atomic mass is 10.0. The summed E-state index contributed by atoms with van der Waals surface area (Å²) in [6.45, 7) is 7.40. The molecule has 0 bridgehead atoms. The number of nitrogens with one attached hydrogen (secondary N) is 1. The van der Waals surface area contributed by atoms with Gasteiger partial charge >= 0.3 is 6.09 Å². The van der Waals surface area contributed by atoms with Gasteiger partial charge in [-0.25, -0.2) is 4.79 Å². The molecule has 224 valence electrons. The van der Waals surface area contributed by atoms with Crippen molar-refractivity contribution in [3.8, 4) is 17.0 Å². The summed E-state index contributed by atoms with van der Waals surface area (Å²) < 4.78 is 17.2. The molecule has 2 aromatic carbocycles. The molecule has 1 aromatic heterocycles. The van der Waals surface area contributed by atoms with E-state index in [1.807, 2.05) is 18.2 Å². The molecule has 10 heteroatoms. The largest absolute Gasteiger partial charge is 0.490 e. The third-order valence-electron chi connectivity index (χ3n) is 7.24. The van der Waals surface area contributed by atoms with Gasteiger partial charge in [-0.3, -0.25) is 20.0 Å². The van der Waals surface area contributed by atoms with E-state index >= 15 is 0 Å². The Kier molecular flexibility index (Phi) is 10.5. The molecule has 42 heavy (non-hydrogen) atoms. The Hall–Kier alpha value is -3.99. The number of nitrogens with two attached hydrogens (primary N) is 1. The Labute approximate surface area is 247 Å². The van der Waals surface area contributed by atoms with Gasteiger partial charge in [0.25, 0.3) is 5.91 Å². The first-order valence-corrected chi connectivity index (χ1v) is 14.2. The molecule has 10 nitrogen and oxygen atoms in total. The summed E-state index contributed by atoms with van der Waals surface area (Å²) in [6, 6.07) is 19.1. The number of carbonyl (C=O) groups is 2. The molecule has 1 aliphatic rings. The van der Waals surface area contributed by atoms with Crippen LogP contribution < -0.4 is 15.8 Å². The summed E-state index contributed by atoms with van der Waals surface area (Å²) in [4.78, 5) is 34.0. The van der Waals surface area contributed by atoms with E-state index in [9.17, 15) is 9.59 Å². The van der Waals surface area contributed by atoms with Gasteiger partial charge in [0.2, 0.25) is 0 Å². The van der Waals surface area contributed by atoms with Crippen LogP contribution in [-0.2, 0) is 16.0 Å². The molecule has 0 saturated heterocycles. The minimum absolute atomic E-state index is 0.0572. The summed E-state index contributed by atoms with van der Waals surface area (Å²) in [7, 11) is 3.39. The molecule has 0 aliphatic carbocycles. The monoisotopic (exact) mass is 575 g/mol. The van der Waals surface area contributed by atoms with E-state index in [0.29, 0.717) is 36.6 Å². The maximum Gasteiger partial charge on any atom is 0.411 e. The highest BCUT2D eigenvalue weighted by Crippen LogP contribution is 2.27. The van der Waals surface area contributed by atoms with Crippen LogP contribution in [0.5, 0.6) is 5.75 Å². The molecule has 2 heterocycles. The van der Waals surface area contributed by atoms with Gasteiger partial charge in [-0.05, 0) is 55.7 Å². The number of likely N-dealkylation sites (N-methyl/N-ethyl adjacent to an activating group) is 1. The maximum atomic E-state index is 13.6. The van der Waals surface area contributed by atoms with Gasteiger partial charge in [-0.15, -0.1) is 0 Å². The number of pyridine rings is 1. The highest BCUT2D eigenvalue weighted by molar-refractivity contribution is 5.98. The Bertz CT molecular complexity index is 1330. The minimum Gasteiger partial charge on any atom is -0.490 e. The standard InChI is InChI=1S/C32H41N5O5/c1-21(2)42-32(39)35-25-13-14-28-26(16-25)31(38)36(4)19-29(40-5)22(3)17-37(30(33)20-41-28)18-23-9-11-24(12-10-23)27-8-6-7-15-34-27/h6-16,21-22,29-30H,17-20,33H2,1-5H3,(H,35,39)/t22-,29-,30+/m0/s1. The van der Waals surface area contributed by atoms with Crippen LogP contribution >= 0.6 is 0 Å². The Balaban J connectivity index is 1.58. The van der Waals surface area contributed by atoms with Crippen molar-refractivity contribution in [2.45, 2.75) is 45.7 Å². The Morgan fingerprint density at radius 2 is 1.90 bits per heavy atom. The zero-order valence-corrected chi connectivity index (χ0v) is 24.9. The average molecular weight is 576 g/mol. The molecule has 0 radical (unpaired) electrons. The average Bonchev–Trinajstić information content (AvgIpc) is 2.98. The fraction of sp³-hybridized carbons (Fsp3) is 0.406. The fourth-order valence-corrected chi connectivity index (χ4v) is 4.94. The molecule has 3 atom stereocenters. The number of nitrogens with zero attached hydrogens (tertiary/aromatic N) is 3. The molecule has 0 spiro atoms. The number of ether oxygens (including phenoxy) is 3. The fourth-order valence-electron chi connectivity index (χ4n) is 4.94. The molecule has 0 saturated carbocycles. The minimum atomic E-state index is -0.598. The molecule has 3 N–H and O–H groups in total. The molecule has 0 unspecified atom stereocenters. The highest BCUT2D eigenvalue weighted by Gasteiger charge is 2.29. The van der Waals surface area contributed by atoms with Crippen molar-refractivity contribution in [2.75, 3.05) is 39.2 Å². The summed E-state index contributed by atoms with van der Waals surface area (Å²) in [6.07, 6.45) is 0.222. The SMILES string of the molecule is CO[C@H]1CN(C)C(=O)c2cc(NC(=O)OC(C)C)ccc2OC[C@H](N)N(Cc2ccc(-c3ccccn3)cc2)C[C@@H]1C. The van der Waals surface area contributed by atoms with E-state index in [2.05, 4.69) is 46.4 Å². The number of methoxy groups -OCH3 is 1. The number of rotatable bonds is 6. The van der Waals surface area contributed by atoms with Crippen LogP contribution in [-0.4, -0.2) is 79.0 Å². The van der Waals surface area contributed by atoms with Crippen LogP contribution in [0.2, 0.25) is 0 Å². The predicted octanol–water partition coefficient (Wildman–Crippen LogP) is 4.61. The molecule has 3 aromatic rings. The first-order valence-electron chi connectivity index (χ1n) is 14.2. The number of carbonyl (C=O) groups excluding carboxylic acids is 2. The van der Waals surface area contributed by atoms with Crippen molar-refractivity contribution in [1.29, 1.82) is 0 Å². The first-order chi connectivity index (χ1) is 20.1. The predicted molar refractivity (Wildman–Crippen MR) is 162 cm³/mol. The van der Waals surface area contributed by atoms with Gasteiger partial charge in [0.1, 0.15) is 12.4 Å². The molecule has 4 rings (SSSR count). The molecule has 2 amide bonds. The van der Waals surface area contributed by atoms with Gasteiger partial charge in [0, 0.05) is 51.2 Å². The Morgan fingerprint density at radius 1 is 1.14 bits per heavy atom. The number of amides is 2. The summed E-state index contributed by atoms with van der Waals surface area (Å²) in [5.41, 5.74) is 10.5. The van der Waals surface area contributed by atoms with Crippen molar-refractivity contribution in [3.05, 3.63) is 78.0 Å². The number of aromatic nitrogens is 1. The van der Waals surface area contributed by atoms with Crippen molar-refractivity contribution in [1.82, 2.24) is 14.8 Å². The highest BCUT2D eigenvalue weighted by atomic mass is 16.6. The lowest BCUT2D eigenvalue weighted by Gasteiger charge is -2.36. The van der Waals surface area contributed by atoms with Gasteiger partial charge in [0.05, 0.1) is 29.6 Å². The van der Waals surface area contributed by atoms with E-state index in [1.165, 1.54) is 0 Å². The second kappa shape index (κ2) is 14.3. The zero-order valence-electron chi connectivity index (χ0n) is 24.9. The summed E-state index contributed by atoms with van der Waals surface area (Å²) >= 11 is 0. The van der Waals surface area contributed by atoms with Gasteiger partial charge in [-0.1, -0.05) is 37.3 Å². The van der Waals surface area contributed by atoms with Crippen molar-refractivity contribution in [2.24, 2.45) is 11.7 Å². The van der Waals surface area contributed by atoms with Crippen LogP contribution in [0.4, 0.5) is 10.5 Å². The van der Waals surface area contributed by atoms with Crippen molar-refractivity contribution < 1.29 is 23.8 Å². The summed E-state index contributed by atoms with van der Waals surface area (Å²) in [5.74, 6) is 0.188. The zero-order chi connectivity index (χ0) is 30.2. The van der Waals surface area contributed by atoms with Gasteiger partial charge in [0.15, 0.2) is 0 Å². The van der Waals surface area contributed by atoms with Crippen LogP contribution in [0.15, 0.2) is 66.9 Å². The molecular weight excluding hydrogens is 534 g/mol. The maximum absolute atomic E-state index is 13.6. The molecule has 0 fully saturated rings.